The number of amides is 3. The van der Waals surface area contributed by atoms with Crippen molar-refractivity contribution in [3.63, 3.8) is 0 Å². The highest BCUT2D eigenvalue weighted by molar-refractivity contribution is 7.98. The summed E-state index contributed by atoms with van der Waals surface area (Å²) in [7, 11) is 0. The SMILES string of the molecule is CSCC(C)NC(=O)NC(CCC(N)=O)C(=O)O. The van der Waals surface area contributed by atoms with Crippen LogP contribution in [-0.2, 0) is 9.59 Å². The van der Waals surface area contributed by atoms with Crippen molar-refractivity contribution < 1.29 is 19.5 Å². The van der Waals surface area contributed by atoms with Gasteiger partial charge in [0, 0.05) is 18.2 Å². The van der Waals surface area contributed by atoms with Crippen LogP contribution in [0.5, 0.6) is 0 Å². The number of thioether (sulfide) groups is 1. The first kappa shape index (κ1) is 16.6. The number of carbonyl (C=O) groups is 3. The molecule has 3 amide bonds. The zero-order valence-corrected chi connectivity index (χ0v) is 11.3. The first-order chi connectivity index (χ1) is 8.36. The summed E-state index contributed by atoms with van der Waals surface area (Å²) in [5.41, 5.74) is 4.93. The molecule has 0 saturated heterocycles. The first-order valence-corrected chi connectivity index (χ1v) is 6.83. The van der Waals surface area contributed by atoms with Crippen LogP contribution in [0.25, 0.3) is 0 Å². The van der Waals surface area contributed by atoms with E-state index in [4.69, 9.17) is 10.8 Å². The van der Waals surface area contributed by atoms with Crippen LogP contribution in [0.1, 0.15) is 19.8 Å². The van der Waals surface area contributed by atoms with E-state index in [-0.39, 0.29) is 18.9 Å². The zero-order chi connectivity index (χ0) is 14.1. The van der Waals surface area contributed by atoms with Gasteiger partial charge in [-0.3, -0.25) is 4.79 Å². The van der Waals surface area contributed by atoms with Crippen LogP contribution in [0.2, 0.25) is 0 Å². The second kappa shape index (κ2) is 8.62. The molecule has 0 aliphatic heterocycles. The molecule has 0 aromatic carbocycles. The van der Waals surface area contributed by atoms with Gasteiger partial charge in [-0.1, -0.05) is 0 Å². The Bertz CT molecular complexity index is 311. The van der Waals surface area contributed by atoms with Crippen LogP contribution < -0.4 is 16.4 Å². The van der Waals surface area contributed by atoms with Crippen molar-refractivity contribution in [1.29, 1.82) is 0 Å². The molecule has 0 aliphatic carbocycles. The van der Waals surface area contributed by atoms with E-state index in [0.29, 0.717) is 0 Å². The number of carboxylic acid groups (broad SMARTS) is 1. The minimum Gasteiger partial charge on any atom is -0.480 e. The molecule has 0 aliphatic rings. The standard InChI is InChI=1S/C10H19N3O4S/c1-6(5-18-2)12-10(17)13-7(9(15)16)3-4-8(11)14/h6-7H,3-5H2,1-2H3,(H2,11,14)(H,15,16)(H2,12,13,17). The molecule has 2 atom stereocenters. The average molecular weight is 277 g/mol. The lowest BCUT2D eigenvalue weighted by Gasteiger charge is -2.17. The van der Waals surface area contributed by atoms with Crippen LogP contribution in [-0.4, -0.2) is 47.1 Å². The lowest BCUT2D eigenvalue weighted by molar-refractivity contribution is -0.139. The summed E-state index contributed by atoms with van der Waals surface area (Å²) >= 11 is 1.57. The number of aliphatic carboxylic acids is 1. The molecule has 0 radical (unpaired) electrons. The summed E-state index contributed by atoms with van der Waals surface area (Å²) in [5, 5.41) is 13.8. The third-order valence-electron chi connectivity index (χ3n) is 2.08. The molecule has 0 saturated carbocycles. The van der Waals surface area contributed by atoms with E-state index in [1.54, 1.807) is 11.8 Å². The largest absolute Gasteiger partial charge is 0.480 e. The number of nitrogens with one attached hydrogen (secondary N) is 2. The summed E-state index contributed by atoms with van der Waals surface area (Å²) < 4.78 is 0. The molecule has 2 unspecified atom stereocenters. The van der Waals surface area contributed by atoms with E-state index in [1.165, 1.54) is 0 Å². The van der Waals surface area contributed by atoms with Crippen molar-refractivity contribution >= 4 is 29.7 Å². The van der Waals surface area contributed by atoms with Crippen LogP contribution in [0.3, 0.4) is 0 Å². The minimum atomic E-state index is -1.19. The van der Waals surface area contributed by atoms with E-state index in [2.05, 4.69) is 10.6 Å². The summed E-state index contributed by atoms with van der Waals surface area (Å²) in [4.78, 5) is 32.9. The Hall–Kier alpha value is -1.44. The molecule has 5 N–H and O–H groups in total. The summed E-state index contributed by atoms with van der Waals surface area (Å²) in [5.74, 6) is -1.06. The molecule has 0 aromatic heterocycles. The summed E-state index contributed by atoms with van der Waals surface area (Å²) in [6, 6.07) is -1.74. The second-order valence-corrected chi connectivity index (χ2v) is 4.78. The molecule has 104 valence electrons. The number of hydrogen-bond donors (Lipinski definition) is 4. The van der Waals surface area contributed by atoms with E-state index in [9.17, 15) is 14.4 Å². The molecule has 7 nitrogen and oxygen atoms in total. The zero-order valence-electron chi connectivity index (χ0n) is 10.4. The maximum absolute atomic E-state index is 11.5. The molecule has 0 fully saturated rings. The van der Waals surface area contributed by atoms with Crippen LogP contribution in [0.4, 0.5) is 4.79 Å². The molecule has 0 aromatic rings. The molecule has 0 heterocycles. The molecule has 0 rings (SSSR count). The number of hydrogen-bond acceptors (Lipinski definition) is 4. The Balaban J connectivity index is 4.19. The predicted octanol–water partition coefficient (Wildman–Crippen LogP) is -0.244. The molecule has 0 spiro atoms. The minimum absolute atomic E-state index is 0.0189. The molecular formula is C10H19N3O4S. The quantitative estimate of drug-likeness (QED) is 0.487. The maximum Gasteiger partial charge on any atom is 0.326 e. The Morgan fingerprint density at radius 2 is 1.94 bits per heavy atom. The van der Waals surface area contributed by atoms with Crippen molar-refractivity contribution in [2.75, 3.05) is 12.0 Å². The van der Waals surface area contributed by atoms with Gasteiger partial charge in [-0.15, -0.1) is 0 Å². The number of carbonyl (C=O) groups excluding carboxylic acids is 2. The number of carboxylic acids is 1. The Labute approximate surface area is 110 Å². The van der Waals surface area contributed by atoms with E-state index >= 15 is 0 Å². The van der Waals surface area contributed by atoms with Gasteiger partial charge in [-0.25, -0.2) is 9.59 Å². The number of primary amides is 1. The number of nitrogens with two attached hydrogens (primary N) is 1. The van der Waals surface area contributed by atoms with Gasteiger partial charge in [0.15, 0.2) is 0 Å². The van der Waals surface area contributed by atoms with Crippen molar-refractivity contribution in [3.05, 3.63) is 0 Å². The third kappa shape index (κ3) is 7.77. The number of rotatable bonds is 8. The molecule has 8 heteroatoms. The number of urea groups is 1. The van der Waals surface area contributed by atoms with Gasteiger partial charge in [-0.2, -0.15) is 11.8 Å². The Morgan fingerprint density at radius 3 is 2.39 bits per heavy atom. The maximum atomic E-state index is 11.5. The summed E-state index contributed by atoms with van der Waals surface area (Å²) in [6.07, 6.45) is 1.80. The highest BCUT2D eigenvalue weighted by Crippen LogP contribution is 1.99. The smallest absolute Gasteiger partial charge is 0.326 e. The molecule has 18 heavy (non-hydrogen) atoms. The Kier molecular flexibility index (Phi) is 7.93. The second-order valence-electron chi connectivity index (χ2n) is 3.87. The van der Waals surface area contributed by atoms with Crippen molar-refractivity contribution in [2.24, 2.45) is 5.73 Å². The van der Waals surface area contributed by atoms with Gasteiger partial charge in [0.1, 0.15) is 6.04 Å². The molecule has 0 bridgehead atoms. The highest BCUT2D eigenvalue weighted by atomic mass is 32.2. The first-order valence-electron chi connectivity index (χ1n) is 5.44. The Morgan fingerprint density at radius 1 is 1.33 bits per heavy atom. The lowest BCUT2D eigenvalue weighted by Crippen LogP contribution is -2.49. The van der Waals surface area contributed by atoms with Gasteiger partial charge < -0.3 is 21.5 Å². The van der Waals surface area contributed by atoms with E-state index < -0.39 is 23.9 Å². The fourth-order valence-electron chi connectivity index (χ4n) is 1.26. The topological polar surface area (TPSA) is 122 Å². The van der Waals surface area contributed by atoms with Gasteiger partial charge in [0.05, 0.1) is 0 Å². The van der Waals surface area contributed by atoms with E-state index in [1.807, 2.05) is 13.2 Å². The fraction of sp³-hybridized carbons (Fsp3) is 0.700. The lowest BCUT2D eigenvalue weighted by atomic mass is 10.1. The normalized spacial score (nSPS) is 13.4. The van der Waals surface area contributed by atoms with Crippen molar-refractivity contribution in [3.8, 4) is 0 Å². The van der Waals surface area contributed by atoms with Crippen LogP contribution in [0.15, 0.2) is 0 Å². The van der Waals surface area contributed by atoms with Gasteiger partial charge in [0.2, 0.25) is 5.91 Å². The van der Waals surface area contributed by atoms with Gasteiger partial charge in [-0.05, 0) is 19.6 Å². The highest BCUT2D eigenvalue weighted by Gasteiger charge is 2.20. The monoisotopic (exact) mass is 277 g/mol. The van der Waals surface area contributed by atoms with Crippen molar-refractivity contribution in [1.82, 2.24) is 10.6 Å². The van der Waals surface area contributed by atoms with Crippen LogP contribution >= 0.6 is 11.8 Å². The van der Waals surface area contributed by atoms with E-state index in [0.717, 1.165) is 5.75 Å². The summed E-state index contributed by atoms with van der Waals surface area (Å²) in [6.45, 7) is 1.81. The molecular weight excluding hydrogens is 258 g/mol. The predicted molar refractivity (Wildman–Crippen MR) is 69.4 cm³/mol. The average Bonchev–Trinajstić information content (AvgIpc) is 2.23. The van der Waals surface area contributed by atoms with Gasteiger partial charge in [0.25, 0.3) is 0 Å². The third-order valence-corrected chi connectivity index (χ3v) is 2.91. The van der Waals surface area contributed by atoms with Crippen molar-refractivity contribution in [2.45, 2.75) is 31.8 Å². The van der Waals surface area contributed by atoms with Gasteiger partial charge >= 0.3 is 12.0 Å². The fourth-order valence-corrected chi connectivity index (χ4v) is 1.84. The van der Waals surface area contributed by atoms with Crippen LogP contribution in [0, 0.1) is 0 Å².